The third-order valence-electron chi connectivity index (χ3n) is 6.64. The zero-order valence-electron chi connectivity index (χ0n) is 21.4. The van der Waals surface area contributed by atoms with Gasteiger partial charge in [-0.3, -0.25) is 9.69 Å². The van der Waals surface area contributed by atoms with Crippen LogP contribution in [0.15, 0.2) is 36.5 Å². The third-order valence-corrected chi connectivity index (χ3v) is 8.25. The highest BCUT2D eigenvalue weighted by atomic mass is 32.2. The predicted octanol–water partition coefficient (Wildman–Crippen LogP) is 3.15. The van der Waals surface area contributed by atoms with Crippen molar-refractivity contribution in [3.63, 3.8) is 0 Å². The van der Waals surface area contributed by atoms with E-state index in [1.807, 2.05) is 17.9 Å². The highest BCUT2D eigenvalue weighted by Gasteiger charge is 2.29. The van der Waals surface area contributed by atoms with Crippen molar-refractivity contribution in [2.75, 3.05) is 55.1 Å². The van der Waals surface area contributed by atoms with E-state index in [0.29, 0.717) is 43.3 Å². The summed E-state index contributed by atoms with van der Waals surface area (Å²) in [4.78, 5) is 24.5. The quantitative estimate of drug-likeness (QED) is 0.466. The standard InChI is InChI=1S/C26H27F2N5O5S/c1-3-33-21-12-18(10-16(25(21)38-15-23(33)34)14-32-6-8-39(35,36)9-7-32)30-26-29-13-20(28)24(31-26)19-5-4-17(27)11-22(19)37-2/h4-5,10-13H,3,6-9,14-15H2,1-2H3,(H,29,30,31). The number of sulfone groups is 1. The lowest BCUT2D eigenvalue weighted by Gasteiger charge is -2.32. The number of halogens is 2. The van der Waals surface area contributed by atoms with Crippen LogP contribution in [0.25, 0.3) is 11.3 Å². The number of fused-ring (bicyclic) bond motifs is 1. The average Bonchev–Trinajstić information content (AvgIpc) is 2.91. The molecule has 0 unspecified atom stereocenters. The molecule has 3 aromatic rings. The molecule has 0 spiro atoms. The second-order valence-electron chi connectivity index (χ2n) is 9.20. The number of amides is 1. The number of rotatable bonds is 7. The summed E-state index contributed by atoms with van der Waals surface area (Å²) in [5.41, 5.74) is 2.01. The summed E-state index contributed by atoms with van der Waals surface area (Å²) < 4.78 is 63.3. The summed E-state index contributed by atoms with van der Waals surface area (Å²) in [5.74, 6) is -0.556. The van der Waals surface area contributed by atoms with Gasteiger partial charge in [-0.1, -0.05) is 0 Å². The number of carbonyl (C=O) groups excluding carboxylic acids is 1. The van der Waals surface area contributed by atoms with Crippen molar-refractivity contribution in [2.45, 2.75) is 13.5 Å². The lowest BCUT2D eigenvalue weighted by atomic mass is 10.1. The maximum Gasteiger partial charge on any atom is 0.265 e. The number of anilines is 3. The van der Waals surface area contributed by atoms with Gasteiger partial charge >= 0.3 is 0 Å². The van der Waals surface area contributed by atoms with Gasteiger partial charge in [-0.05, 0) is 31.2 Å². The minimum Gasteiger partial charge on any atom is -0.496 e. The molecular formula is C26H27F2N5O5S. The molecule has 5 rings (SSSR count). The van der Waals surface area contributed by atoms with Crippen LogP contribution < -0.4 is 19.7 Å². The fourth-order valence-corrected chi connectivity index (χ4v) is 5.95. The van der Waals surface area contributed by atoms with Crippen LogP contribution >= 0.6 is 0 Å². The second kappa shape index (κ2) is 10.7. The van der Waals surface area contributed by atoms with Gasteiger partial charge in [-0.25, -0.2) is 27.2 Å². The number of benzene rings is 2. The van der Waals surface area contributed by atoms with Crippen molar-refractivity contribution in [1.82, 2.24) is 14.9 Å². The Labute approximate surface area is 224 Å². The Hall–Kier alpha value is -3.84. The Bertz CT molecular complexity index is 1520. The van der Waals surface area contributed by atoms with E-state index >= 15 is 0 Å². The molecule has 2 aliphatic rings. The van der Waals surface area contributed by atoms with E-state index in [1.54, 1.807) is 11.0 Å². The van der Waals surface area contributed by atoms with Crippen LogP contribution in [0.5, 0.6) is 11.5 Å². The molecule has 1 N–H and O–H groups in total. The topological polar surface area (TPSA) is 114 Å². The van der Waals surface area contributed by atoms with E-state index in [9.17, 15) is 22.0 Å². The number of carbonyl (C=O) groups is 1. The van der Waals surface area contributed by atoms with Crippen LogP contribution in [0, 0.1) is 11.6 Å². The van der Waals surface area contributed by atoms with E-state index in [2.05, 4.69) is 15.3 Å². The van der Waals surface area contributed by atoms with Crippen molar-refractivity contribution < 1.29 is 31.5 Å². The van der Waals surface area contributed by atoms with Crippen LogP contribution in [0.4, 0.5) is 26.1 Å². The van der Waals surface area contributed by atoms with Crippen LogP contribution in [-0.4, -0.2) is 74.0 Å². The minimum absolute atomic E-state index is 0.0684. The molecule has 1 amide bonds. The van der Waals surface area contributed by atoms with Crippen molar-refractivity contribution >= 4 is 33.1 Å². The molecule has 2 aliphatic heterocycles. The number of nitrogens with zero attached hydrogens (tertiary/aromatic N) is 4. The number of nitrogens with one attached hydrogen (secondary N) is 1. The molecule has 0 atom stereocenters. The molecule has 0 saturated carbocycles. The summed E-state index contributed by atoms with van der Waals surface area (Å²) in [5, 5.41) is 3.08. The number of aromatic nitrogens is 2. The second-order valence-corrected chi connectivity index (χ2v) is 11.5. The SMILES string of the molecule is CCN1C(=O)COc2c(CN3CCS(=O)(=O)CC3)cc(Nc3ncc(F)c(-c4ccc(F)cc4OC)n3)cc21. The van der Waals surface area contributed by atoms with Gasteiger partial charge in [0.25, 0.3) is 5.91 Å². The zero-order chi connectivity index (χ0) is 27.7. The van der Waals surface area contributed by atoms with Crippen LogP contribution in [0.2, 0.25) is 0 Å². The Morgan fingerprint density at radius 2 is 1.92 bits per heavy atom. The van der Waals surface area contributed by atoms with Gasteiger partial charge in [-0.15, -0.1) is 0 Å². The maximum atomic E-state index is 14.7. The summed E-state index contributed by atoms with van der Waals surface area (Å²) >= 11 is 0. The van der Waals surface area contributed by atoms with E-state index in [0.717, 1.165) is 17.8 Å². The molecule has 0 radical (unpaired) electrons. The van der Waals surface area contributed by atoms with Gasteiger partial charge in [0.2, 0.25) is 5.95 Å². The van der Waals surface area contributed by atoms with E-state index < -0.39 is 21.5 Å². The maximum absolute atomic E-state index is 14.7. The molecule has 0 aliphatic carbocycles. The Morgan fingerprint density at radius 1 is 1.15 bits per heavy atom. The lowest BCUT2D eigenvalue weighted by Crippen LogP contribution is -2.41. The molecular weight excluding hydrogens is 532 g/mol. The number of hydrogen-bond donors (Lipinski definition) is 1. The Morgan fingerprint density at radius 3 is 2.64 bits per heavy atom. The number of likely N-dealkylation sites (N-methyl/N-ethyl adjacent to an activating group) is 1. The van der Waals surface area contributed by atoms with Crippen molar-refractivity contribution in [3.05, 3.63) is 53.7 Å². The third kappa shape index (κ3) is 5.64. The van der Waals surface area contributed by atoms with Crippen molar-refractivity contribution in [1.29, 1.82) is 0 Å². The van der Waals surface area contributed by atoms with Gasteiger partial charge in [0.05, 0.1) is 30.5 Å². The first-order valence-corrected chi connectivity index (χ1v) is 14.2. The first kappa shape index (κ1) is 26.8. The van der Waals surface area contributed by atoms with Crippen LogP contribution in [0.1, 0.15) is 12.5 Å². The van der Waals surface area contributed by atoms with Gasteiger partial charge < -0.3 is 19.7 Å². The minimum atomic E-state index is -3.05. The zero-order valence-corrected chi connectivity index (χ0v) is 22.2. The summed E-state index contributed by atoms with van der Waals surface area (Å²) in [7, 11) is -1.69. The summed E-state index contributed by atoms with van der Waals surface area (Å²) in [6.45, 7) is 3.35. The number of methoxy groups -OCH3 is 1. The first-order valence-electron chi connectivity index (χ1n) is 12.3. The van der Waals surface area contributed by atoms with Gasteiger partial charge in [0.1, 0.15) is 23.0 Å². The van der Waals surface area contributed by atoms with Crippen LogP contribution in [-0.2, 0) is 21.2 Å². The first-order chi connectivity index (χ1) is 18.7. The average molecular weight is 560 g/mol. The molecule has 206 valence electrons. The fraction of sp³-hybridized carbons (Fsp3) is 0.346. The molecule has 1 fully saturated rings. The molecule has 2 aromatic carbocycles. The summed E-state index contributed by atoms with van der Waals surface area (Å²) in [6.07, 6.45) is 1.01. The summed E-state index contributed by atoms with van der Waals surface area (Å²) in [6, 6.07) is 7.25. The number of hydrogen-bond acceptors (Lipinski definition) is 9. The monoisotopic (exact) mass is 559 g/mol. The Balaban J connectivity index is 1.51. The van der Waals surface area contributed by atoms with Gasteiger partial charge in [0, 0.05) is 49.1 Å². The Kier molecular flexibility index (Phi) is 7.36. The van der Waals surface area contributed by atoms with Crippen molar-refractivity contribution in [2.24, 2.45) is 0 Å². The van der Waals surface area contributed by atoms with Crippen molar-refractivity contribution in [3.8, 4) is 22.8 Å². The van der Waals surface area contributed by atoms with Crippen LogP contribution in [0.3, 0.4) is 0 Å². The van der Waals surface area contributed by atoms with Gasteiger partial charge in [-0.2, -0.15) is 0 Å². The normalized spacial score (nSPS) is 16.9. The molecule has 1 saturated heterocycles. The van der Waals surface area contributed by atoms with Gasteiger partial charge in [0.15, 0.2) is 22.3 Å². The molecule has 39 heavy (non-hydrogen) atoms. The predicted molar refractivity (Wildman–Crippen MR) is 141 cm³/mol. The molecule has 10 nitrogen and oxygen atoms in total. The molecule has 13 heteroatoms. The molecule has 0 bridgehead atoms. The molecule has 1 aromatic heterocycles. The number of ether oxygens (including phenoxy) is 2. The van der Waals surface area contributed by atoms with E-state index in [4.69, 9.17) is 9.47 Å². The highest BCUT2D eigenvalue weighted by Crippen LogP contribution is 2.40. The van der Waals surface area contributed by atoms with E-state index in [-0.39, 0.29) is 47.0 Å². The molecule has 3 heterocycles. The smallest absolute Gasteiger partial charge is 0.265 e. The largest absolute Gasteiger partial charge is 0.496 e. The lowest BCUT2D eigenvalue weighted by molar-refractivity contribution is -0.121. The fourth-order valence-electron chi connectivity index (χ4n) is 4.68. The van der Waals surface area contributed by atoms with E-state index in [1.165, 1.54) is 19.2 Å². The highest BCUT2D eigenvalue weighted by molar-refractivity contribution is 7.91.